The van der Waals surface area contributed by atoms with Gasteiger partial charge in [0, 0.05) is 5.38 Å². The molecule has 0 amide bonds. The van der Waals surface area contributed by atoms with E-state index in [9.17, 15) is 0 Å². The topological polar surface area (TPSA) is 12.9 Å². The average Bonchev–Trinajstić information content (AvgIpc) is 2.33. The fraction of sp³-hybridized carbons (Fsp3) is 0.545. The predicted octanol–water partition coefficient (Wildman–Crippen LogP) is 3.90. The summed E-state index contributed by atoms with van der Waals surface area (Å²) in [4.78, 5) is 4.41. The van der Waals surface area contributed by atoms with Crippen LogP contribution in [0.1, 0.15) is 38.4 Å². The maximum atomic E-state index is 4.41. The van der Waals surface area contributed by atoms with Gasteiger partial charge in [-0.25, -0.2) is 4.98 Å². The molecule has 0 radical (unpaired) electrons. The second-order valence-electron chi connectivity index (χ2n) is 4.37. The zero-order chi connectivity index (χ0) is 10.1. The highest BCUT2D eigenvalue weighted by atomic mass is 32.1. The van der Waals surface area contributed by atoms with E-state index in [1.165, 1.54) is 5.57 Å². The molecule has 72 valence electrons. The Morgan fingerprint density at radius 3 is 2.46 bits per heavy atom. The number of hydrogen-bond donors (Lipinski definition) is 0. The van der Waals surface area contributed by atoms with Crippen molar-refractivity contribution in [1.29, 1.82) is 0 Å². The maximum Gasteiger partial charge on any atom is 0.0901 e. The molecule has 1 nitrogen and oxygen atoms in total. The van der Waals surface area contributed by atoms with Crippen LogP contribution < -0.4 is 0 Å². The van der Waals surface area contributed by atoms with Crippen LogP contribution in [0.25, 0.3) is 6.08 Å². The molecule has 0 unspecified atom stereocenters. The first kappa shape index (κ1) is 10.5. The third-order valence-electron chi connectivity index (χ3n) is 2.18. The van der Waals surface area contributed by atoms with E-state index < -0.39 is 0 Å². The van der Waals surface area contributed by atoms with E-state index in [2.05, 4.69) is 44.1 Å². The molecule has 1 aromatic rings. The summed E-state index contributed by atoms with van der Waals surface area (Å²) in [6.45, 7) is 10.9. The van der Waals surface area contributed by atoms with Crippen LogP contribution in [0.3, 0.4) is 0 Å². The van der Waals surface area contributed by atoms with E-state index in [-0.39, 0.29) is 5.41 Å². The molecule has 0 aliphatic heterocycles. The van der Waals surface area contributed by atoms with Crippen LogP contribution >= 0.6 is 11.3 Å². The van der Waals surface area contributed by atoms with Crippen molar-refractivity contribution in [3.05, 3.63) is 21.7 Å². The van der Waals surface area contributed by atoms with Crippen molar-refractivity contribution in [2.45, 2.75) is 34.6 Å². The van der Waals surface area contributed by atoms with Gasteiger partial charge in [0.2, 0.25) is 0 Å². The van der Waals surface area contributed by atoms with Crippen LogP contribution in [0.15, 0.2) is 11.0 Å². The highest BCUT2D eigenvalue weighted by Gasteiger charge is 2.12. The van der Waals surface area contributed by atoms with Gasteiger partial charge in [0.05, 0.1) is 10.7 Å². The minimum Gasteiger partial charge on any atom is -0.242 e. The van der Waals surface area contributed by atoms with E-state index in [0.29, 0.717) is 0 Å². The normalized spacial score (nSPS) is 13.5. The van der Waals surface area contributed by atoms with E-state index in [4.69, 9.17) is 0 Å². The Hall–Kier alpha value is -0.630. The fourth-order valence-corrected chi connectivity index (χ4v) is 1.45. The van der Waals surface area contributed by atoms with Crippen molar-refractivity contribution in [2.24, 2.45) is 5.41 Å². The molecule has 1 rings (SSSR count). The number of nitrogens with zero attached hydrogens (tertiary/aromatic N) is 1. The molecule has 0 saturated heterocycles. The van der Waals surface area contributed by atoms with Gasteiger partial charge in [0.1, 0.15) is 0 Å². The van der Waals surface area contributed by atoms with Gasteiger partial charge in [-0.2, -0.15) is 0 Å². The molecule has 13 heavy (non-hydrogen) atoms. The van der Waals surface area contributed by atoms with Crippen LogP contribution in [0.5, 0.6) is 0 Å². The third-order valence-corrected chi connectivity index (χ3v) is 2.98. The Morgan fingerprint density at radius 1 is 1.46 bits per heavy atom. The van der Waals surface area contributed by atoms with Gasteiger partial charge in [-0.3, -0.25) is 0 Å². The van der Waals surface area contributed by atoms with Gasteiger partial charge in [-0.15, -0.1) is 11.3 Å². The largest absolute Gasteiger partial charge is 0.242 e. The maximum absolute atomic E-state index is 4.41. The molecule has 0 aromatic carbocycles. The second kappa shape index (κ2) is 3.62. The van der Waals surface area contributed by atoms with Crippen molar-refractivity contribution >= 4 is 17.4 Å². The third kappa shape index (κ3) is 2.96. The molecule has 0 saturated carbocycles. The minimum absolute atomic E-state index is 0.248. The number of rotatable bonds is 1. The average molecular weight is 195 g/mol. The lowest BCUT2D eigenvalue weighted by molar-refractivity contribution is 0.508. The van der Waals surface area contributed by atoms with Crippen molar-refractivity contribution in [3.63, 3.8) is 0 Å². The summed E-state index contributed by atoms with van der Waals surface area (Å²) >= 11 is 1.70. The Kier molecular flexibility index (Phi) is 2.91. The molecular formula is C11H17NS. The predicted molar refractivity (Wildman–Crippen MR) is 60.0 cm³/mol. The molecule has 0 fully saturated rings. The summed E-state index contributed by atoms with van der Waals surface area (Å²) in [6.07, 6.45) is 2.17. The molecule has 0 bridgehead atoms. The number of aryl methyl sites for hydroxylation is 1. The molecule has 0 N–H and O–H groups in total. The van der Waals surface area contributed by atoms with E-state index >= 15 is 0 Å². The lowest BCUT2D eigenvalue weighted by atomic mass is 9.87. The van der Waals surface area contributed by atoms with Gasteiger partial charge in [-0.05, 0) is 25.3 Å². The number of aromatic nitrogens is 1. The first-order valence-corrected chi connectivity index (χ1v) is 5.38. The van der Waals surface area contributed by atoms with E-state index in [1.54, 1.807) is 11.3 Å². The first-order valence-electron chi connectivity index (χ1n) is 4.50. The zero-order valence-corrected chi connectivity index (χ0v) is 9.83. The Morgan fingerprint density at radius 2 is 2.08 bits per heavy atom. The van der Waals surface area contributed by atoms with Crippen LogP contribution in [0.4, 0.5) is 0 Å². The van der Waals surface area contributed by atoms with Crippen LogP contribution in [0, 0.1) is 12.3 Å². The molecule has 0 spiro atoms. The van der Waals surface area contributed by atoms with Crippen molar-refractivity contribution in [3.8, 4) is 0 Å². The monoisotopic (exact) mass is 195 g/mol. The highest BCUT2D eigenvalue weighted by molar-refractivity contribution is 7.09. The Labute approximate surface area is 84.5 Å². The zero-order valence-electron chi connectivity index (χ0n) is 9.01. The van der Waals surface area contributed by atoms with Crippen molar-refractivity contribution in [1.82, 2.24) is 4.98 Å². The molecule has 2 heteroatoms. The van der Waals surface area contributed by atoms with Crippen molar-refractivity contribution in [2.75, 3.05) is 0 Å². The van der Waals surface area contributed by atoms with Gasteiger partial charge in [0.15, 0.2) is 0 Å². The number of thiazole rings is 1. The molecule has 0 aliphatic carbocycles. The number of hydrogen-bond acceptors (Lipinski definition) is 2. The first-order chi connectivity index (χ1) is 5.89. The summed E-state index contributed by atoms with van der Waals surface area (Å²) in [5.74, 6) is 0. The van der Waals surface area contributed by atoms with Crippen molar-refractivity contribution < 1.29 is 0 Å². The minimum atomic E-state index is 0.248. The second-order valence-corrected chi connectivity index (χ2v) is 5.43. The Bertz CT molecular complexity index is 315. The van der Waals surface area contributed by atoms with E-state index in [0.717, 1.165) is 10.7 Å². The summed E-state index contributed by atoms with van der Waals surface area (Å²) in [6, 6.07) is 0. The number of allylic oxidation sites excluding steroid dienone is 1. The van der Waals surface area contributed by atoms with Crippen LogP contribution in [-0.2, 0) is 0 Å². The summed E-state index contributed by atoms with van der Waals surface area (Å²) in [7, 11) is 0. The summed E-state index contributed by atoms with van der Waals surface area (Å²) in [5.41, 5.74) is 2.71. The standard InChI is InChI=1S/C11H17NS/c1-8(11(3,4)5)6-10-7-13-9(2)12-10/h6-7H,1-5H3/b8-6+. The SMILES string of the molecule is C/C(=C\c1csc(C)n1)C(C)(C)C. The van der Waals surface area contributed by atoms with Gasteiger partial charge >= 0.3 is 0 Å². The van der Waals surface area contributed by atoms with Crippen LogP contribution in [0.2, 0.25) is 0 Å². The smallest absolute Gasteiger partial charge is 0.0901 e. The fourth-order valence-electron chi connectivity index (χ4n) is 0.885. The lowest BCUT2D eigenvalue weighted by Gasteiger charge is -2.18. The lowest BCUT2D eigenvalue weighted by Crippen LogP contribution is -2.05. The molecule has 1 heterocycles. The Balaban J connectivity index is 2.89. The summed E-state index contributed by atoms with van der Waals surface area (Å²) in [5, 5.41) is 3.23. The van der Waals surface area contributed by atoms with E-state index in [1.807, 2.05) is 6.92 Å². The molecular weight excluding hydrogens is 178 g/mol. The molecule has 0 atom stereocenters. The van der Waals surface area contributed by atoms with Gasteiger partial charge in [0.25, 0.3) is 0 Å². The van der Waals surface area contributed by atoms with Gasteiger partial charge in [-0.1, -0.05) is 26.3 Å². The van der Waals surface area contributed by atoms with Gasteiger partial charge < -0.3 is 0 Å². The highest BCUT2D eigenvalue weighted by Crippen LogP contribution is 2.26. The molecule has 0 aliphatic rings. The summed E-state index contributed by atoms with van der Waals surface area (Å²) < 4.78 is 0. The quantitative estimate of drug-likeness (QED) is 0.662. The van der Waals surface area contributed by atoms with Crippen LogP contribution in [-0.4, -0.2) is 4.98 Å². The molecule has 1 aromatic heterocycles.